The number of thioether (sulfide) groups is 1. The average Bonchev–Trinajstić information content (AvgIpc) is 3.29. The smallest absolute Gasteiger partial charge is 0.196 e. The Morgan fingerprint density at radius 2 is 1.78 bits per heavy atom. The van der Waals surface area contributed by atoms with Gasteiger partial charge in [0.25, 0.3) is 0 Å². The van der Waals surface area contributed by atoms with Gasteiger partial charge < -0.3 is 0 Å². The summed E-state index contributed by atoms with van der Waals surface area (Å²) in [6, 6.07) is 20.7. The van der Waals surface area contributed by atoms with Gasteiger partial charge in [-0.05, 0) is 49.2 Å². The maximum atomic E-state index is 6.06. The zero-order chi connectivity index (χ0) is 18.8. The van der Waals surface area contributed by atoms with Crippen molar-refractivity contribution in [2.75, 3.05) is 0 Å². The SMILES string of the molecule is Cc1ccc(-n2c(SCc3ccc(Cl)s3)nnc2-c2ccccc2)cc1C. The van der Waals surface area contributed by atoms with Crippen molar-refractivity contribution in [2.24, 2.45) is 0 Å². The van der Waals surface area contributed by atoms with Crippen LogP contribution in [-0.4, -0.2) is 14.8 Å². The van der Waals surface area contributed by atoms with Crippen molar-refractivity contribution >= 4 is 34.7 Å². The summed E-state index contributed by atoms with van der Waals surface area (Å²) in [5.41, 5.74) is 4.65. The third-order valence-electron chi connectivity index (χ3n) is 4.39. The lowest BCUT2D eigenvalue weighted by molar-refractivity contribution is 0.884. The largest absolute Gasteiger partial charge is 0.270 e. The van der Waals surface area contributed by atoms with Crippen LogP contribution in [0.4, 0.5) is 0 Å². The zero-order valence-corrected chi connectivity index (χ0v) is 17.4. The van der Waals surface area contributed by atoms with Gasteiger partial charge in [-0.15, -0.1) is 21.5 Å². The van der Waals surface area contributed by atoms with Crippen LogP contribution in [-0.2, 0) is 5.75 Å². The van der Waals surface area contributed by atoms with Crippen molar-refractivity contribution in [2.45, 2.75) is 24.8 Å². The van der Waals surface area contributed by atoms with Crippen molar-refractivity contribution in [3.63, 3.8) is 0 Å². The standard InChI is InChI=1S/C21H18ClN3S2/c1-14-8-9-17(12-15(14)2)25-20(16-6-4-3-5-7-16)23-24-21(25)26-13-18-10-11-19(22)27-18/h3-12H,13H2,1-2H3. The van der Waals surface area contributed by atoms with Crippen molar-refractivity contribution in [1.29, 1.82) is 0 Å². The minimum Gasteiger partial charge on any atom is -0.270 e. The normalized spacial score (nSPS) is 11.1. The highest BCUT2D eigenvalue weighted by molar-refractivity contribution is 7.98. The number of benzene rings is 2. The van der Waals surface area contributed by atoms with Crippen LogP contribution in [0.25, 0.3) is 17.1 Å². The highest BCUT2D eigenvalue weighted by atomic mass is 35.5. The number of rotatable bonds is 5. The van der Waals surface area contributed by atoms with E-state index in [9.17, 15) is 0 Å². The molecule has 0 bridgehead atoms. The van der Waals surface area contributed by atoms with Crippen molar-refractivity contribution in [3.05, 3.63) is 81.0 Å². The lowest BCUT2D eigenvalue weighted by Gasteiger charge is -2.12. The highest BCUT2D eigenvalue weighted by Gasteiger charge is 2.17. The van der Waals surface area contributed by atoms with Crippen molar-refractivity contribution in [3.8, 4) is 17.1 Å². The molecular formula is C21H18ClN3S2. The summed E-state index contributed by atoms with van der Waals surface area (Å²) < 4.78 is 2.95. The predicted octanol–water partition coefficient (Wildman–Crippen LogP) is 6.56. The third-order valence-corrected chi connectivity index (χ3v) is 6.78. The van der Waals surface area contributed by atoms with Gasteiger partial charge in [-0.1, -0.05) is 59.8 Å². The number of aromatic nitrogens is 3. The molecule has 0 fully saturated rings. The van der Waals surface area contributed by atoms with Crippen LogP contribution < -0.4 is 0 Å². The summed E-state index contributed by atoms with van der Waals surface area (Å²) in [5, 5.41) is 9.87. The van der Waals surface area contributed by atoms with E-state index in [0.717, 1.165) is 32.3 Å². The fourth-order valence-corrected chi connectivity index (χ4v) is 4.88. The minimum absolute atomic E-state index is 0.811. The van der Waals surface area contributed by atoms with E-state index < -0.39 is 0 Å². The van der Waals surface area contributed by atoms with Gasteiger partial charge >= 0.3 is 0 Å². The van der Waals surface area contributed by atoms with Crippen molar-refractivity contribution in [1.82, 2.24) is 14.8 Å². The molecule has 4 aromatic rings. The molecule has 0 aliphatic heterocycles. The second-order valence-corrected chi connectivity index (χ2v) is 9.01. The lowest BCUT2D eigenvalue weighted by Crippen LogP contribution is -2.00. The Morgan fingerprint density at radius 1 is 0.963 bits per heavy atom. The molecule has 0 saturated heterocycles. The first-order valence-electron chi connectivity index (χ1n) is 8.57. The Morgan fingerprint density at radius 3 is 2.48 bits per heavy atom. The van der Waals surface area contributed by atoms with Gasteiger partial charge in [-0.25, -0.2) is 0 Å². The maximum absolute atomic E-state index is 6.06. The van der Waals surface area contributed by atoms with Gasteiger partial charge in [0.05, 0.1) is 10.0 Å². The Hall–Kier alpha value is -2.08. The van der Waals surface area contributed by atoms with E-state index in [1.807, 2.05) is 24.3 Å². The van der Waals surface area contributed by atoms with E-state index in [4.69, 9.17) is 11.6 Å². The second kappa shape index (κ2) is 7.89. The van der Waals surface area contributed by atoms with Gasteiger partial charge in [0.1, 0.15) is 0 Å². The van der Waals surface area contributed by atoms with E-state index in [1.165, 1.54) is 16.0 Å². The molecule has 0 N–H and O–H groups in total. The molecule has 0 aliphatic rings. The van der Waals surface area contributed by atoms with Gasteiger partial charge in [0, 0.05) is 16.2 Å². The first-order valence-corrected chi connectivity index (χ1v) is 10.8. The van der Waals surface area contributed by atoms with E-state index in [0.29, 0.717) is 0 Å². The van der Waals surface area contributed by atoms with Crippen LogP contribution in [0.15, 0.2) is 65.8 Å². The molecule has 136 valence electrons. The summed E-state index contributed by atoms with van der Waals surface area (Å²) in [7, 11) is 0. The molecule has 0 atom stereocenters. The third kappa shape index (κ3) is 3.95. The van der Waals surface area contributed by atoms with Gasteiger partial charge in [0.15, 0.2) is 11.0 Å². The first-order chi connectivity index (χ1) is 13.1. The summed E-state index contributed by atoms with van der Waals surface area (Å²) in [4.78, 5) is 1.22. The van der Waals surface area contributed by atoms with Gasteiger partial charge in [-0.2, -0.15) is 0 Å². The topological polar surface area (TPSA) is 30.7 Å². The predicted molar refractivity (Wildman–Crippen MR) is 115 cm³/mol. The van der Waals surface area contributed by atoms with Crippen LogP contribution in [0.2, 0.25) is 4.34 Å². The summed E-state index contributed by atoms with van der Waals surface area (Å²) in [5.74, 6) is 1.67. The van der Waals surface area contributed by atoms with Gasteiger partial charge in [0.2, 0.25) is 0 Å². The molecule has 0 aliphatic carbocycles. The fraction of sp³-hybridized carbons (Fsp3) is 0.143. The first kappa shape index (κ1) is 18.3. The van der Waals surface area contributed by atoms with E-state index in [2.05, 4.69) is 65.0 Å². The molecule has 27 heavy (non-hydrogen) atoms. The molecule has 6 heteroatoms. The molecule has 0 saturated carbocycles. The molecule has 0 spiro atoms. The van der Waals surface area contributed by atoms with Crippen LogP contribution in [0.3, 0.4) is 0 Å². The number of hydrogen-bond donors (Lipinski definition) is 0. The number of hydrogen-bond acceptors (Lipinski definition) is 4. The Labute approximate surface area is 172 Å². The molecular weight excluding hydrogens is 394 g/mol. The minimum atomic E-state index is 0.811. The summed E-state index contributed by atoms with van der Waals surface area (Å²) in [6.07, 6.45) is 0. The Bertz CT molecular complexity index is 1070. The number of thiophene rings is 1. The molecule has 0 unspecified atom stereocenters. The van der Waals surface area contributed by atoms with Crippen LogP contribution >= 0.6 is 34.7 Å². The highest BCUT2D eigenvalue weighted by Crippen LogP contribution is 2.32. The lowest BCUT2D eigenvalue weighted by atomic mass is 10.1. The second-order valence-electron chi connectivity index (χ2n) is 6.27. The monoisotopic (exact) mass is 411 g/mol. The fourth-order valence-electron chi connectivity index (χ4n) is 2.80. The summed E-state index contributed by atoms with van der Waals surface area (Å²) >= 11 is 9.34. The number of aryl methyl sites for hydroxylation is 2. The molecule has 2 heterocycles. The molecule has 0 amide bonds. The van der Waals surface area contributed by atoms with Crippen molar-refractivity contribution < 1.29 is 0 Å². The van der Waals surface area contributed by atoms with E-state index >= 15 is 0 Å². The van der Waals surface area contributed by atoms with Crippen LogP contribution in [0.5, 0.6) is 0 Å². The van der Waals surface area contributed by atoms with E-state index in [-0.39, 0.29) is 0 Å². The Kier molecular flexibility index (Phi) is 5.34. The van der Waals surface area contributed by atoms with Crippen LogP contribution in [0, 0.1) is 13.8 Å². The quantitative estimate of drug-likeness (QED) is 0.348. The molecule has 2 aromatic heterocycles. The Balaban J connectivity index is 1.76. The molecule has 3 nitrogen and oxygen atoms in total. The molecule has 4 rings (SSSR count). The van der Waals surface area contributed by atoms with Crippen LogP contribution in [0.1, 0.15) is 16.0 Å². The number of nitrogens with zero attached hydrogens (tertiary/aromatic N) is 3. The maximum Gasteiger partial charge on any atom is 0.196 e. The molecule has 2 aromatic carbocycles. The number of halogens is 1. The van der Waals surface area contributed by atoms with Gasteiger partial charge in [-0.3, -0.25) is 4.57 Å². The average molecular weight is 412 g/mol. The van der Waals surface area contributed by atoms with E-state index in [1.54, 1.807) is 23.1 Å². The summed E-state index contributed by atoms with van der Waals surface area (Å²) in [6.45, 7) is 4.26. The zero-order valence-electron chi connectivity index (χ0n) is 15.0. The molecule has 0 radical (unpaired) electrons.